The topological polar surface area (TPSA) is 98.6 Å². The zero-order chi connectivity index (χ0) is 30.0. The minimum atomic E-state index is -4.70. The van der Waals surface area contributed by atoms with Crippen LogP contribution in [0.2, 0.25) is 0 Å². The molecule has 1 aliphatic rings. The van der Waals surface area contributed by atoms with Gasteiger partial charge in [-0.05, 0) is 54.8 Å². The van der Waals surface area contributed by atoms with E-state index in [1.807, 2.05) is 0 Å². The molecule has 3 aromatic carbocycles. The number of hydrogen-bond donors (Lipinski definition) is 1. The van der Waals surface area contributed by atoms with Gasteiger partial charge >= 0.3 is 6.18 Å². The van der Waals surface area contributed by atoms with E-state index in [0.29, 0.717) is 27.5 Å². The summed E-state index contributed by atoms with van der Waals surface area (Å²) in [5.74, 6) is -1.43. The van der Waals surface area contributed by atoms with E-state index in [-0.39, 0.29) is 24.1 Å². The highest BCUT2D eigenvalue weighted by Gasteiger charge is 2.40. The first-order valence-corrected chi connectivity index (χ1v) is 12.8. The minimum absolute atomic E-state index is 0.0323. The Balaban J connectivity index is 1.43. The third kappa shape index (κ3) is 5.81. The Hall–Kier alpha value is -4.78. The largest absolute Gasteiger partial charge is 0.496 e. The molecule has 0 aliphatic carbocycles. The highest BCUT2D eigenvalue weighted by molar-refractivity contribution is 5.98. The van der Waals surface area contributed by atoms with Crippen LogP contribution in [0.25, 0.3) is 22.4 Å². The van der Waals surface area contributed by atoms with Gasteiger partial charge in [-0.25, -0.2) is 14.6 Å². The lowest BCUT2D eigenvalue weighted by atomic mass is 10.00. The number of alkyl halides is 3. The van der Waals surface area contributed by atoms with E-state index in [1.54, 1.807) is 42.5 Å². The number of fused-ring (bicyclic) bond motifs is 1. The Bertz CT molecular complexity index is 1620. The highest BCUT2D eigenvalue weighted by Crippen LogP contribution is 2.37. The number of ether oxygens (including phenoxy) is 1. The maximum absolute atomic E-state index is 14.6. The zero-order valence-electron chi connectivity index (χ0n) is 22.5. The molecule has 1 aromatic heterocycles. The summed E-state index contributed by atoms with van der Waals surface area (Å²) in [6, 6.07) is 14.7. The molecule has 218 valence electrons. The number of amides is 2. The Morgan fingerprint density at radius 3 is 2.50 bits per heavy atom. The van der Waals surface area contributed by atoms with Gasteiger partial charge < -0.3 is 9.64 Å². The standard InChI is InChI=1S/C29H25F4N5O4/c1-41-26-14-19(10-11-20(26)17-6-8-18(9-7-17)27(39)35-42-2)23-15-38(36-34-23)25-13-12-21-22(30)4-3-5-24(21)37(28(25)40)16-29(31,32)33/h3-11,14-15,25H,12-13,16H2,1-2H3,(H,35,39). The van der Waals surface area contributed by atoms with Gasteiger partial charge in [0, 0.05) is 22.3 Å². The molecule has 1 aliphatic heterocycles. The molecule has 1 N–H and O–H groups in total. The van der Waals surface area contributed by atoms with E-state index >= 15 is 0 Å². The average Bonchev–Trinajstić information content (AvgIpc) is 3.41. The number of hydroxylamine groups is 1. The van der Waals surface area contributed by atoms with Gasteiger partial charge in [0.25, 0.3) is 11.8 Å². The summed E-state index contributed by atoms with van der Waals surface area (Å²) in [6.45, 7) is -1.56. The van der Waals surface area contributed by atoms with Crippen LogP contribution >= 0.6 is 0 Å². The summed E-state index contributed by atoms with van der Waals surface area (Å²) in [6.07, 6.45) is -3.16. The van der Waals surface area contributed by atoms with Crippen molar-refractivity contribution in [1.82, 2.24) is 20.5 Å². The Morgan fingerprint density at radius 1 is 1.07 bits per heavy atom. The van der Waals surface area contributed by atoms with E-state index < -0.39 is 36.4 Å². The van der Waals surface area contributed by atoms with Crippen LogP contribution in [0.1, 0.15) is 28.4 Å². The number of aromatic nitrogens is 3. The summed E-state index contributed by atoms with van der Waals surface area (Å²) in [5, 5.41) is 8.21. The van der Waals surface area contributed by atoms with Gasteiger partial charge in [-0.2, -0.15) is 13.2 Å². The Kier molecular flexibility index (Phi) is 7.94. The summed E-state index contributed by atoms with van der Waals surface area (Å²) in [7, 11) is 2.84. The van der Waals surface area contributed by atoms with Gasteiger partial charge in [0.1, 0.15) is 29.8 Å². The lowest BCUT2D eigenvalue weighted by molar-refractivity contribution is -0.134. The predicted molar refractivity (Wildman–Crippen MR) is 144 cm³/mol. The van der Waals surface area contributed by atoms with Crippen molar-refractivity contribution in [3.05, 3.63) is 83.8 Å². The molecule has 2 heterocycles. The number of nitrogens with one attached hydrogen (secondary N) is 1. The third-order valence-corrected chi connectivity index (χ3v) is 6.92. The normalized spacial score (nSPS) is 15.2. The molecule has 0 radical (unpaired) electrons. The fraction of sp³-hybridized carbons (Fsp3) is 0.241. The molecule has 0 saturated carbocycles. The third-order valence-electron chi connectivity index (χ3n) is 6.92. The molecule has 13 heteroatoms. The number of carbonyl (C=O) groups excluding carboxylic acids is 2. The minimum Gasteiger partial charge on any atom is -0.496 e. The number of anilines is 1. The van der Waals surface area contributed by atoms with E-state index in [1.165, 1.54) is 37.2 Å². The Morgan fingerprint density at radius 2 is 1.81 bits per heavy atom. The average molecular weight is 584 g/mol. The molecule has 0 fully saturated rings. The molecule has 42 heavy (non-hydrogen) atoms. The first-order chi connectivity index (χ1) is 20.1. The quantitative estimate of drug-likeness (QED) is 0.239. The molecule has 0 saturated heterocycles. The summed E-state index contributed by atoms with van der Waals surface area (Å²) >= 11 is 0. The number of benzene rings is 3. The second kappa shape index (κ2) is 11.6. The second-order valence-corrected chi connectivity index (χ2v) is 9.54. The molecular weight excluding hydrogens is 558 g/mol. The summed E-state index contributed by atoms with van der Waals surface area (Å²) in [4.78, 5) is 30.6. The van der Waals surface area contributed by atoms with Crippen LogP contribution in [-0.4, -0.2) is 53.7 Å². The predicted octanol–water partition coefficient (Wildman–Crippen LogP) is 5.13. The van der Waals surface area contributed by atoms with Crippen molar-refractivity contribution in [1.29, 1.82) is 0 Å². The monoisotopic (exact) mass is 583 g/mol. The van der Waals surface area contributed by atoms with Crippen molar-refractivity contribution in [3.63, 3.8) is 0 Å². The number of methoxy groups -OCH3 is 1. The van der Waals surface area contributed by atoms with Crippen LogP contribution in [-0.2, 0) is 16.1 Å². The number of nitrogens with zero attached hydrogens (tertiary/aromatic N) is 4. The van der Waals surface area contributed by atoms with Crippen LogP contribution in [0.4, 0.5) is 23.2 Å². The molecule has 0 spiro atoms. The molecule has 4 aromatic rings. The molecule has 5 rings (SSSR count). The van der Waals surface area contributed by atoms with Crippen LogP contribution in [0.15, 0.2) is 66.9 Å². The van der Waals surface area contributed by atoms with Crippen LogP contribution in [0.3, 0.4) is 0 Å². The van der Waals surface area contributed by atoms with Gasteiger partial charge in [-0.15, -0.1) is 5.10 Å². The molecule has 9 nitrogen and oxygen atoms in total. The van der Waals surface area contributed by atoms with Gasteiger partial charge in [-0.1, -0.05) is 29.5 Å². The number of hydrogen-bond acceptors (Lipinski definition) is 6. The smallest absolute Gasteiger partial charge is 0.406 e. The van der Waals surface area contributed by atoms with Crippen LogP contribution < -0.4 is 15.1 Å². The van der Waals surface area contributed by atoms with E-state index in [2.05, 4.69) is 20.6 Å². The fourth-order valence-corrected chi connectivity index (χ4v) is 4.94. The van der Waals surface area contributed by atoms with E-state index in [0.717, 1.165) is 17.2 Å². The summed E-state index contributed by atoms with van der Waals surface area (Å²) < 4.78 is 61.7. The molecule has 0 bridgehead atoms. The maximum atomic E-state index is 14.6. The van der Waals surface area contributed by atoms with Crippen molar-refractivity contribution in [3.8, 4) is 28.1 Å². The van der Waals surface area contributed by atoms with Gasteiger partial charge in [0.15, 0.2) is 0 Å². The fourth-order valence-electron chi connectivity index (χ4n) is 4.94. The van der Waals surface area contributed by atoms with Crippen molar-refractivity contribution < 1.29 is 36.7 Å². The number of rotatable bonds is 7. The number of halogens is 4. The van der Waals surface area contributed by atoms with Crippen LogP contribution in [0, 0.1) is 5.82 Å². The van der Waals surface area contributed by atoms with Crippen LogP contribution in [0.5, 0.6) is 5.75 Å². The Labute approximate surface area is 237 Å². The first-order valence-electron chi connectivity index (χ1n) is 12.8. The van der Waals surface area contributed by atoms with E-state index in [9.17, 15) is 27.2 Å². The van der Waals surface area contributed by atoms with Gasteiger partial charge in [-0.3, -0.25) is 14.4 Å². The van der Waals surface area contributed by atoms with E-state index in [4.69, 9.17) is 4.74 Å². The molecule has 1 atom stereocenters. The molecule has 1 unspecified atom stereocenters. The van der Waals surface area contributed by atoms with Gasteiger partial charge in [0.2, 0.25) is 0 Å². The van der Waals surface area contributed by atoms with Crippen molar-refractivity contribution >= 4 is 17.5 Å². The van der Waals surface area contributed by atoms with Gasteiger partial charge in [0.05, 0.1) is 26.1 Å². The van der Waals surface area contributed by atoms with Crippen molar-refractivity contribution in [2.75, 3.05) is 25.7 Å². The second-order valence-electron chi connectivity index (χ2n) is 9.54. The maximum Gasteiger partial charge on any atom is 0.406 e. The highest BCUT2D eigenvalue weighted by atomic mass is 19.4. The van der Waals surface area contributed by atoms with Crippen molar-refractivity contribution in [2.45, 2.75) is 25.1 Å². The number of carbonyl (C=O) groups is 2. The molecule has 2 amide bonds. The zero-order valence-corrected chi connectivity index (χ0v) is 22.5. The first kappa shape index (κ1) is 28.7. The SMILES string of the molecule is CONC(=O)c1ccc(-c2ccc(-c3cn(C4CCc5c(F)cccc5N(CC(F)(F)F)C4=O)nn3)cc2OC)cc1. The summed E-state index contributed by atoms with van der Waals surface area (Å²) in [5.41, 5.74) is 5.04. The lowest BCUT2D eigenvalue weighted by Crippen LogP contribution is -2.42. The molecular formula is C29H25F4N5O4. The lowest BCUT2D eigenvalue weighted by Gasteiger charge is -2.26. The van der Waals surface area contributed by atoms with Crippen molar-refractivity contribution in [2.24, 2.45) is 0 Å².